The first-order valence-electron chi connectivity index (χ1n) is 7.90. The van der Waals surface area contributed by atoms with E-state index >= 15 is 0 Å². The molecule has 3 nitrogen and oxygen atoms in total. The fourth-order valence-electron chi connectivity index (χ4n) is 2.65. The van der Waals surface area contributed by atoms with E-state index in [1.807, 2.05) is 6.08 Å². The van der Waals surface area contributed by atoms with E-state index in [1.165, 1.54) is 24.3 Å². The van der Waals surface area contributed by atoms with Crippen molar-refractivity contribution in [3.63, 3.8) is 0 Å². The van der Waals surface area contributed by atoms with Crippen LogP contribution >= 0.6 is 0 Å². The second-order valence-corrected chi connectivity index (χ2v) is 5.76. The fourth-order valence-corrected chi connectivity index (χ4v) is 2.65. The standard InChI is InChI=1S/C20H17FO3/c21-17-10-6-14(7-11-17)19(22)15-8-12-18(13-9-15)24-20(23)16-4-2-1-3-5-16/h1-2,6-13,16H,3-5H2/t16-/m1/s1. The Labute approximate surface area is 139 Å². The molecule has 0 N–H and O–H groups in total. The molecule has 24 heavy (non-hydrogen) atoms. The van der Waals surface area contributed by atoms with Gasteiger partial charge in [-0.2, -0.15) is 0 Å². The largest absolute Gasteiger partial charge is 0.426 e. The zero-order chi connectivity index (χ0) is 16.9. The van der Waals surface area contributed by atoms with Gasteiger partial charge in [-0.3, -0.25) is 9.59 Å². The SMILES string of the molecule is O=C(c1ccc(F)cc1)c1ccc(OC(=O)[C@@H]2CC=CCC2)cc1. The monoisotopic (exact) mass is 324 g/mol. The van der Waals surface area contributed by atoms with Gasteiger partial charge >= 0.3 is 5.97 Å². The van der Waals surface area contributed by atoms with Crippen molar-refractivity contribution in [2.45, 2.75) is 19.3 Å². The molecule has 0 radical (unpaired) electrons. The minimum atomic E-state index is -0.383. The Bertz CT molecular complexity index is 760. The van der Waals surface area contributed by atoms with E-state index < -0.39 is 0 Å². The molecule has 1 aliphatic carbocycles. The number of ether oxygens (including phenoxy) is 1. The molecule has 2 aromatic rings. The van der Waals surface area contributed by atoms with E-state index in [0.29, 0.717) is 23.3 Å². The molecular formula is C20H17FO3. The smallest absolute Gasteiger partial charge is 0.314 e. The van der Waals surface area contributed by atoms with Crippen molar-refractivity contribution in [1.82, 2.24) is 0 Å². The molecule has 0 amide bonds. The highest BCUT2D eigenvalue weighted by molar-refractivity contribution is 6.09. The average molecular weight is 324 g/mol. The normalized spacial score (nSPS) is 16.6. The quantitative estimate of drug-likeness (QED) is 0.364. The minimum Gasteiger partial charge on any atom is -0.426 e. The van der Waals surface area contributed by atoms with Crippen LogP contribution in [0.3, 0.4) is 0 Å². The van der Waals surface area contributed by atoms with E-state index in [0.717, 1.165) is 12.8 Å². The fraction of sp³-hybridized carbons (Fsp3) is 0.200. The minimum absolute atomic E-state index is 0.101. The predicted molar refractivity (Wildman–Crippen MR) is 88.4 cm³/mol. The van der Waals surface area contributed by atoms with Gasteiger partial charge in [0.05, 0.1) is 5.92 Å². The molecule has 0 unspecified atom stereocenters. The molecule has 4 heteroatoms. The highest BCUT2D eigenvalue weighted by Crippen LogP contribution is 2.22. The molecule has 2 aromatic carbocycles. The van der Waals surface area contributed by atoms with Crippen LogP contribution in [0.5, 0.6) is 5.75 Å². The lowest BCUT2D eigenvalue weighted by atomic mass is 9.95. The third kappa shape index (κ3) is 3.77. The molecule has 0 saturated carbocycles. The summed E-state index contributed by atoms with van der Waals surface area (Å²) in [6, 6.07) is 11.8. The first-order valence-corrected chi connectivity index (χ1v) is 7.90. The maximum atomic E-state index is 12.9. The number of hydrogen-bond donors (Lipinski definition) is 0. The Morgan fingerprint density at radius 2 is 1.54 bits per heavy atom. The number of carbonyl (C=O) groups excluding carboxylic acids is 2. The summed E-state index contributed by atoms with van der Waals surface area (Å²) in [5.41, 5.74) is 0.872. The van der Waals surface area contributed by atoms with Crippen molar-refractivity contribution in [2.75, 3.05) is 0 Å². The molecule has 0 spiro atoms. The number of carbonyl (C=O) groups is 2. The van der Waals surface area contributed by atoms with Gasteiger partial charge in [0.2, 0.25) is 0 Å². The number of halogens is 1. The average Bonchev–Trinajstić information content (AvgIpc) is 2.63. The molecular weight excluding hydrogens is 307 g/mol. The van der Waals surface area contributed by atoms with Crippen LogP contribution in [-0.4, -0.2) is 11.8 Å². The summed E-state index contributed by atoms with van der Waals surface area (Å²) in [5, 5.41) is 0. The van der Waals surface area contributed by atoms with Crippen LogP contribution in [0.4, 0.5) is 4.39 Å². The molecule has 1 aliphatic rings. The lowest BCUT2D eigenvalue weighted by molar-refractivity contribution is -0.139. The predicted octanol–water partition coefficient (Wildman–Crippen LogP) is 4.32. The highest BCUT2D eigenvalue weighted by Gasteiger charge is 2.20. The summed E-state index contributed by atoms with van der Waals surface area (Å²) in [4.78, 5) is 24.4. The second kappa shape index (κ2) is 7.21. The van der Waals surface area contributed by atoms with Gasteiger partial charge in [0, 0.05) is 11.1 Å². The van der Waals surface area contributed by atoms with Gasteiger partial charge in [0.1, 0.15) is 11.6 Å². The maximum absolute atomic E-state index is 12.9. The van der Waals surface area contributed by atoms with Gasteiger partial charge in [-0.1, -0.05) is 12.2 Å². The van der Waals surface area contributed by atoms with Gasteiger partial charge in [-0.05, 0) is 67.8 Å². The van der Waals surface area contributed by atoms with Crippen LogP contribution < -0.4 is 4.74 Å². The number of allylic oxidation sites excluding steroid dienone is 2. The molecule has 3 rings (SSSR count). The molecule has 0 fully saturated rings. The maximum Gasteiger partial charge on any atom is 0.314 e. The lowest BCUT2D eigenvalue weighted by Crippen LogP contribution is -2.21. The summed E-state index contributed by atoms with van der Waals surface area (Å²) in [7, 11) is 0. The highest BCUT2D eigenvalue weighted by atomic mass is 19.1. The van der Waals surface area contributed by atoms with E-state index in [1.54, 1.807) is 24.3 Å². The Morgan fingerprint density at radius 3 is 2.12 bits per heavy atom. The van der Waals surface area contributed by atoms with Crippen LogP contribution in [0.2, 0.25) is 0 Å². The molecule has 0 saturated heterocycles. The Balaban J connectivity index is 1.66. The second-order valence-electron chi connectivity index (χ2n) is 5.76. The third-order valence-corrected chi connectivity index (χ3v) is 4.04. The van der Waals surface area contributed by atoms with E-state index in [-0.39, 0.29) is 23.5 Å². The molecule has 122 valence electrons. The van der Waals surface area contributed by atoms with E-state index in [2.05, 4.69) is 6.08 Å². The summed E-state index contributed by atoms with van der Waals surface area (Å²) in [5.74, 6) is -0.505. The van der Waals surface area contributed by atoms with Crippen LogP contribution in [-0.2, 0) is 4.79 Å². The van der Waals surface area contributed by atoms with Crippen molar-refractivity contribution in [3.8, 4) is 5.75 Å². The van der Waals surface area contributed by atoms with Crippen molar-refractivity contribution >= 4 is 11.8 Å². The van der Waals surface area contributed by atoms with Crippen LogP contribution in [0.15, 0.2) is 60.7 Å². The van der Waals surface area contributed by atoms with E-state index in [4.69, 9.17) is 4.74 Å². The zero-order valence-electron chi connectivity index (χ0n) is 13.1. The molecule has 0 heterocycles. The summed E-state index contributed by atoms with van der Waals surface area (Å²) in [6.07, 6.45) is 6.47. The first-order chi connectivity index (χ1) is 11.6. The first kappa shape index (κ1) is 16.1. The summed E-state index contributed by atoms with van der Waals surface area (Å²) < 4.78 is 18.3. The Hall–Kier alpha value is -2.75. The number of ketones is 1. The van der Waals surface area contributed by atoms with Gasteiger partial charge in [-0.25, -0.2) is 4.39 Å². The number of esters is 1. The van der Waals surface area contributed by atoms with Gasteiger partial charge in [0.25, 0.3) is 0 Å². The number of benzene rings is 2. The van der Waals surface area contributed by atoms with Crippen molar-refractivity contribution in [3.05, 3.63) is 77.6 Å². The summed E-state index contributed by atoms with van der Waals surface area (Å²) in [6.45, 7) is 0. The van der Waals surface area contributed by atoms with Crippen LogP contribution in [0, 0.1) is 11.7 Å². The van der Waals surface area contributed by atoms with Crippen molar-refractivity contribution < 1.29 is 18.7 Å². The van der Waals surface area contributed by atoms with E-state index in [9.17, 15) is 14.0 Å². The molecule has 1 atom stereocenters. The van der Waals surface area contributed by atoms with Gasteiger partial charge < -0.3 is 4.74 Å². The Morgan fingerprint density at radius 1 is 0.917 bits per heavy atom. The number of hydrogen-bond acceptors (Lipinski definition) is 3. The van der Waals surface area contributed by atoms with Crippen molar-refractivity contribution in [1.29, 1.82) is 0 Å². The molecule has 0 aliphatic heterocycles. The van der Waals surface area contributed by atoms with Crippen molar-refractivity contribution in [2.24, 2.45) is 5.92 Å². The topological polar surface area (TPSA) is 43.4 Å². The van der Waals surface area contributed by atoms with Crippen LogP contribution in [0.25, 0.3) is 0 Å². The Kier molecular flexibility index (Phi) is 4.85. The third-order valence-electron chi connectivity index (χ3n) is 4.04. The zero-order valence-corrected chi connectivity index (χ0v) is 13.1. The van der Waals surface area contributed by atoms with Gasteiger partial charge in [-0.15, -0.1) is 0 Å². The summed E-state index contributed by atoms with van der Waals surface area (Å²) >= 11 is 0. The molecule has 0 aromatic heterocycles. The van der Waals surface area contributed by atoms with Crippen LogP contribution in [0.1, 0.15) is 35.2 Å². The number of rotatable bonds is 4. The molecule has 0 bridgehead atoms. The van der Waals surface area contributed by atoms with Gasteiger partial charge in [0.15, 0.2) is 5.78 Å². The lowest BCUT2D eigenvalue weighted by Gasteiger charge is -2.16.